The van der Waals surface area contributed by atoms with E-state index in [-0.39, 0.29) is 5.91 Å². The number of anilines is 1. The lowest BCUT2D eigenvalue weighted by atomic mass is 10.2. The van der Waals surface area contributed by atoms with Gasteiger partial charge in [0.15, 0.2) is 5.69 Å². The minimum absolute atomic E-state index is 0.0964. The Bertz CT molecular complexity index is 434. The van der Waals surface area contributed by atoms with Crippen molar-refractivity contribution in [1.82, 2.24) is 15.1 Å². The maximum atomic E-state index is 12.3. The molecule has 0 saturated heterocycles. The first-order valence-electron chi connectivity index (χ1n) is 5.93. The zero-order valence-corrected chi connectivity index (χ0v) is 10.1. The Morgan fingerprint density at radius 1 is 1.71 bits per heavy atom. The fourth-order valence-electron chi connectivity index (χ4n) is 1.88. The summed E-state index contributed by atoms with van der Waals surface area (Å²) >= 11 is 0. The van der Waals surface area contributed by atoms with Gasteiger partial charge in [-0.25, -0.2) is 0 Å². The Hall–Kier alpha value is -1.78. The van der Waals surface area contributed by atoms with Crippen molar-refractivity contribution in [2.45, 2.75) is 32.2 Å². The molecule has 0 bridgehead atoms. The quantitative estimate of drug-likeness (QED) is 0.755. The van der Waals surface area contributed by atoms with Gasteiger partial charge >= 0.3 is 0 Å². The molecule has 0 spiro atoms. The molecule has 0 aliphatic heterocycles. The zero-order chi connectivity index (χ0) is 12.4. The molecule has 1 aliphatic rings. The third-order valence-corrected chi connectivity index (χ3v) is 3.01. The highest BCUT2D eigenvalue weighted by atomic mass is 16.2. The summed E-state index contributed by atoms with van der Waals surface area (Å²) in [6.07, 6.45) is 4.60. The van der Waals surface area contributed by atoms with Crippen LogP contribution in [0.1, 0.15) is 35.9 Å². The molecule has 2 rings (SSSR count). The second-order valence-corrected chi connectivity index (χ2v) is 4.30. The zero-order valence-electron chi connectivity index (χ0n) is 10.1. The van der Waals surface area contributed by atoms with E-state index in [9.17, 15) is 4.79 Å². The molecule has 1 aromatic rings. The molecule has 0 atom stereocenters. The molecule has 1 heterocycles. The normalized spacial score (nSPS) is 14.6. The van der Waals surface area contributed by atoms with E-state index < -0.39 is 0 Å². The van der Waals surface area contributed by atoms with Crippen molar-refractivity contribution in [3.8, 4) is 0 Å². The van der Waals surface area contributed by atoms with Crippen LogP contribution in [0, 0.1) is 0 Å². The lowest BCUT2D eigenvalue weighted by Gasteiger charge is -2.19. The van der Waals surface area contributed by atoms with E-state index in [0.717, 1.165) is 25.0 Å². The van der Waals surface area contributed by atoms with Gasteiger partial charge in [0.05, 0.1) is 11.4 Å². The van der Waals surface area contributed by atoms with Gasteiger partial charge in [-0.3, -0.25) is 9.89 Å². The van der Waals surface area contributed by atoms with E-state index in [4.69, 9.17) is 5.73 Å². The van der Waals surface area contributed by atoms with E-state index in [1.54, 1.807) is 11.0 Å². The number of aromatic amines is 1. The van der Waals surface area contributed by atoms with E-state index in [1.807, 2.05) is 6.92 Å². The Labute approximate surface area is 101 Å². The Kier molecular flexibility index (Phi) is 3.17. The van der Waals surface area contributed by atoms with Crippen LogP contribution in [0.15, 0.2) is 12.7 Å². The van der Waals surface area contributed by atoms with Crippen LogP contribution in [0.2, 0.25) is 0 Å². The number of amides is 1. The van der Waals surface area contributed by atoms with Gasteiger partial charge in [0.1, 0.15) is 0 Å². The molecular formula is C12H18N4O. The number of H-pyrrole nitrogens is 1. The molecule has 0 unspecified atom stereocenters. The average Bonchev–Trinajstić information content (AvgIpc) is 3.09. The molecule has 1 fully saturated rings. The number of hydrogen-bond acceptors (Lipinski definition) is 3. The molecule has 1 aliphatic carbocycles. The maximum absolute atomic E-state index is 12.3. The van der Waals surface area contributed by atoms with Crippen molar-refractivity contribution in [1.29, 1.82) is 0 Å². The van der Waals surface area contributed by atoms with Crippen molar-refractivity contribution >= 4 is 11.6 Å². The van der Waals surface area contributed by atoms with Crippen LogP contribution in [-0.4, -0.2) is 33.6 Å². The molecule has 1 amide bonds. The Morgan fingerprint density at radius 3 is 2.88 bits per heavy atom. The summed E-state index contributed by atoms with van der Waals surface area (Å²) in [5, 5.41) is 6.84. The summed E-state index contributed by atoms with van der Waals surface area (Å²) in [7, 11) is 0. The van der Waals surface area contributed by atoms with E-state index >= 15 is 0 Å². The first-order chi connectivity index (χ1) is 8.19. The second kappa shape index (κ2) is 4.61. The number of carbonyl (C=O) groups is 1. The van der Waals surface area contributed by atoms with Gasteiger partial charge in [0.2, 0.25) is 0 Å². The number of nitrogen functional groups attached to an aromatic ring is 1. The lowest BCUT2D eigenvalue weighted by Crippen LogP contribution is -2.33. The number of hydrogen-bond donors (Lipinski definition) is 2. The predicted molar refractivity (Wildman–Crippen MR) is 66.6 cm³/mol. The van der Waals surface area contributed by atoms with Gasteiger partial charge in [0, 0.05) is 12.6 Å². The van der Waals surface area contributed by atoms with Crippen molar-refractivity contribution in [3.63, 3.8) is 0 Å². The topological polar surface area (TPSA) is 75.0 Å². The summed E-state index contributed by atoms with van der Waals surface area (Å²) < 4.78 is 0. The number of nitrogens with zero attached hydrogens (tertiary/aromatic N) is 2. The number of aromatic nitrogens is 2. The summed E-state index contributed by atoms with van der Waals surface area (Å²) in [5.41, 5.74) is 7.55. The molecule has 1 aromatic heterocycles. The number of rotatable bonds is 5. The number of carbonyl (C=O) groups excluding carboxylic acids is 1. The summed E-state index contributed by atoms with van der Waals surface area (Å²) in [5.74, 6) is -0.0964. The molecule has 5 heteroatoms. The SMILES string of the molecule is C=CCN(C(=O)c1n[nH]c(CC)c1N)C1CC1. The van der Waals surface area contributed by atoms with Gasteiger partial charge < -0.3 is 10.6 Å². The molecular weight excluding hydrogens is 216 g/mol. The standard InChI is InChI=1S/C12H18N4O/c1-3-7-16(8-5-6-8)12(17)11-10(13)9(4-2)14-15-11/h3,8H,1,4-7,13H2,2H3,(H,14,15). The van der Waals surface area contributed by atoms with Crippen LogP contribution >= 0.6 is 0 Å². The molecule has 5 nitrogen and oxygen atoms in total. The third-order valence-electron chi connectivity index (χ3n) is 3.01. The molecule has 1 saturated carbocycles. The molecule has 92 valence electrons. The van der Waals surface area contributed by atoms with Crippen LogP contribution in [-0.2, 0) is 6.42 Å². The number of nitrogens with two attached hydrogens (primary N) is 1. The van der Waals surface area contributed by atoms with Crippen molar-refractivity contribution in [2.24, 2.45) is 0 Å². The fraction of sp³-hybridized carbons (Fsp3) is 0.500. The van der Waals surface area contributed by atoms with Gasteiger partial charge in [0.25, 0.3) is 5.91 Å². The summed E-state index contributed by atoms with van der Waals surface area (Å²) in [6.45, 7) is 6.20. The van der Waals surface area contributed by atoms with Crippen LogP contribution in [0.4, 0.5) is 5.69 Å². The Balaban J connectivity index is 2.21. The number of aryl methyl sites for hydroxylation is 1. The van der Waals surface area contributed by atoms with Crippen LogP contribution < -0.4 is 5.73 Å². The average molecular weight is 234 g/mol. The van der Waals surface area contributed by atoms with Gasteiger partial charge in [-0.1, -0.05) is 13.0 Å². The van der Waals surface area contributed by atoms with Crippen molar-refractivity contribution in [3.05, 3.63) is 24.0 Å². The smallest absolute Gasteiger partial charge is 0.277 e. The van der Waals surface area contributed by atoms with Crippen LogP contribution in [0.3, 0.4) is 0 Å². The third kappa shape index (κ3) is 2.18. The highest BCUT2D eigenvalue weighted by Gasteiger charge is 2.34. The highest BCUT2D eigenvalue weighted by Crippen LogP contribution is 2.29. The second-order valence-electron chi connectivity index (χ2n) is 4.30. The highest BCUT2D eigenvalue weighted by molar-refractivity contribution is 5.98. The minimum atomic E-state index is -0.0964. The van der Waals surface area contributed by atoms with Crippen LogP contribution in [0.5, 0.6) is 0 Å². The molecule has 0 aromatic carbocycles. The maximum Gasteiger partial charge on any atom is 0.277 e. The first kappa shape index (κ1) is 11.7. The molecule has 3 N–H and O–H groups in total. The minimum Gasteiger partial charge on any atom is -0.395 e. The molecule has 0 radical (unpaired) electrons. The predicted octanol–water partition coefficient (Wildman–Crippen LogP) is 1.34. The monoisotopic (exact) mass is 234 g/mol. The van der Waals surface area contributed by atoms with Gasteiger partial charge in [-0.05, 0) is 19.3 Å². The molecule has 17 heavy (non-hydrogen) atoms. The lowest BCUT2D eigenvalue weighted by molar-refractivity contribution is 0.0758. The van der Waals surface area contributed by atoms with Crippen molar-refractivity contribution < 1.29 is 4.79 Å². The van der Waals surface area contributed by atoms with Gasteiger partial charge in [-0.2, -0.15) is 5.10 Å². The van der Waals surface area contributed by atoms with E-state index in [2.05, 4.69) is 16.8 Å². The largest absolute Gasteiger partial charge is 0.395 e. The van der Waals surface area contributed by atoms with Crippen LogP contribution in [0.25, 0.3) is 0 Å². The first-order valence-corrected chi connectivity index (χ1v) is 5.93. The number of nitrogens with one attached hydrogen (secondary N) is 1. The Morgan fingerprint density at radius 2 is 2.41 bits per heavy atom. The van der Waals surface area contributed by atoms with Crippen molar-refractivity contribution in [2.75, 3.05) is 12.3 Å². The summed E-state index contributed by atoms with van der Waals surface area (Å²) in [6, 6.07) is 0.335. The van der Waals surface area contributed by atoms with E-state index in [1.165, 1.54) is 0 Å². The summed E-state index contributed by atoms with van der Waals surface area (Å²) in [4.78, 5) is 14.1. The van der Waals surface area contributed by atoms with Gasteiger partial charge in [-0.15, -0.1) is 6.58 Å². The fourth-order valence-corrected chi connectivity index (χ4v) is 1.88. The van der Waals surface area contributed by atoms with E-state index in [0.29, 0.717) is 24.0 Å².